The number of halogens is 5. The number of carbonyl (C=O) groups is 1. The molecule has 0 unspecified atom stereocenters. The first-order chi connectivity index (χ1) is 14.2. The SMILES string of the molecule is C[C@@H]1c2nnn(-c3ncc(F)cn3)c2CCN1C(=O)c1cncc(C(F)(F)F)c1Cl. The summed E-state index contributed by atoms with van der Waals surface area (Å²) in [6, 6.07) is -0.610. The van der Waals surface area contributed by atoms with E-state index >= 15 is 0 Å². The highest BCUT2D eigenvalue weighted by Crippen LogP contribution is 2.37. The van der Waals surface area contributed by atoms with Crippen molar-refractivity contribution in [2.24, 2.45) is 0 Å². The minimum absolute atomic E-state index is 0.113. The Hall–Kier alpha value is -3.15. The van der Waals surface area contributed by atoms with E-state index in [1.807, 2.05) is 0 Å². The molecule has 13 heteroatoms. The molecule has 1 atom stereocenters. The number of carbonyl (C=O) groups excluding carboxylic acids is 1. The average molecular weight is 442 g/mol. The Morgan fingerprint density at radius 3 is 2.57 bits per heavy atom. The zero-order valence-corrected chi connectivity index (χ0v) is 16.0. The maximum absolute atomic E-state index is 13.1. The van der Waals surface area contributed by atoms with Gasteiger partial charge < -0.3 is 4.90 Å². The van der Waals surface area contributed by atoms with E-state index in [-0.39, 0.29) is 24.5 Å². The predicted octanol–water partition coefficient (Wildman–Crippen LogP) is 3.02. The number of amides is 1. The summed E-state index contributed by atoms with van der Waals surface area (Å²) < 4.78 is 53.7. The molecule has 3 aromatic rings. The van der Waals surface area contributed by atoms with Gasteiger partial charge in [0.25, 0.3) is 11.9 Å². The molecule has 0 saturated carbocycles. The van der Waals surface area contributed by atoms with Crippen molar-refractivity contribution in [2.45, 2.75) is 25.6 Å². The molecule has 0 fully saturated rings. The Bertz CT molecular complexity index is 1120. The van der Waals surface area contributed by atoms with E-state index in [1.165, 1.54) is 9.58 Å². The number of hydrogen-bond acceptors (Lipinski definition) is 6. The van der Waals surface area contributed by atoms with E-state index in [9.17, 15) is 22.4 Å². The highest BCUT2D eigenvalue weighted by molar-refractivity contribution is 6.34. The van der Waals surface area contributed by atoms with Gasteiger partial charge in [-0.3, -0.25) is 9.78 Å². The summed E-state index contributed by atoms with van der Waals surface area (Å²) in [6.07, 6.45) is -0.902. The minimum atomic E-state index is -4.74. The molecule has 0 aliphatic carbocycles. The van der Waals surface area contributed by atoms with E-state index < -0.39 is 34.5 Å². The summed E-state index contributed by atoms with van der Waals surface area (Å²) in [6.45, 7) is 1.82. The molecule has 4 heterocycles. The lowest BCUT2D eigenvalue weighted by Crippen LogP contribution is -2.39. The van der Waals surface area contributed by atoms with Crippen LogP contribution >= 0.6 is 11.6 Å². The van der Waals surface area contributed by atoms with Crippen LogP contribution in [0.4, 0.5) is 17.6 Å². The van der Waals surface area contributed by atoms with Crippen molar-refractivity contribution in [3.8, 4) is 5.95 Å². The molecular weight excluding hydrogens is 430 g/mol. The molecule has 4 rings (SSSR count). The van der Waals surface area contributed by atoms with Crippen LogP contribution in [-0.4, -0.2) is 47.3 Å². The van der Waals surface area contributed by atoms with E-state index in [0.717, 1.165) is 18.6 Å². The first-order valence-electron chi connectivity index (χ1n) is 8.62. The van der Waals surface area contributed by atoms with E-state index in [2.05, 4.69) is 25.3 Å². The number of pyridine rings is 1. The van der Waals surface area contributed by atoms with Crippen LogP contribution < -0.4 is 0 Å². The van der Waals surface area contributed by atoms with Gasteiger partial charge in [0.1, 0.15) is 5.69 Å². The van der Waals surface area contributed by atoms with E-state index in [1.54, 1.807) is 6.92 Å². The number of aromatic nitrogens is 6. The summed E-state index contributed by atoms with van der Waals surface area (Å²) in [5, 5.41) is 7.33. The van der Waals surface area contributed by atoms with E-state index in [0.29, 0.717) is 17.6 Å². The van der Waals surface area contributed by atoms with Gasteiger partial charge in [-0.25, -0.2) is 14.4 Å². The van der Waals surface area contributed by atoms with Crippen LogP contribution in [0.5, 0.6) is 0 Å². The molecule has 0 aromatic carbocycles. The fraction of sp³-hybridized carbons (Fsp3) is 0.294. The number of fused-ring (bicyclic) bond motifs is 1. The van der Waals surface area contributed by atoms with Crippen molar-refractivity contribution >= 4 is 17.5 Å². The highest BCUT2D eigenvalue weighted by atomic mass is 35.5. The quantitative estimate of drug-likeness (QED) is 0.568. The highest BCUT2D eigenvalue weighted by Gasteiger charge is 2.38. The fourth-order valence-corrected chi connectivity index (χ4v) is 3.52. The summed E-state index contributed by atoms with van der Waals surface area (Å²) in [5.41, 5.74) is -0.485. The minimum Gasteiger partial charge on any atom is -0.330 e. The van der Waals surface area contributed by atoms with E-state index in [4.69, 9.17) is 11.6 Å². The Kier molecular flexibility index (Phi) is 4.88. The van der Waals surface area contributed by atoms with Gasteiger partial charge >= 0.3 is 6.18 Å². The van der Waals surface area contributed by atoms with Crippen LogP contribution in [0.2, 0.25) is 5.02 Å². The third kappa shape index (κ3) is 3.36. The molecule has 1 amide bonds. The third-order valence-corrected chi connectivity index (χ3v) is 5.13. The smallest absolute Gasteiger partial charge is 0.330 e. The van der Waals surface area contributed by atoms with Gasteiger partial charge in [-0.05, 0) is 6.92 Å². The predicted molar refractivity (Wildman–Crippen MR) is 94.3 cm³/mol. The number of alkyl halides is 3. The molecule has 0 spiro atoms. The van der Waals surface area contributed by atoms with Gasteiger partial charge in [0, 0.05) is 25.4 Å². The maximum atomic E-state index is 13.1. The fourth-order valence-electron chi connectivity index (χ4n) is 3.24. The number of nitrogens with zero attached hydrogens (tertiary/aromatic N) is 7. The normalized spacial score (nSPS) is 16.5. The third-order valence-electron chi connectivity index (χ3n) is 4.72. The molecule has 156 valence electrons. The van der Waals surface area contributed by atoms with Crippen LogP contribution in [-0.2, 0) is 12.6 Å². The first-order valence-corrected chi connectivity index (χ1v) is 9.00. The molecule has 3 aromatic heterocycles. The van der Waals surface area contributed by atoms with Crippen molar-refractivity contribution in [2.75, 3.05) is 6.54 Å². The van der Waals surface area contributed by atoms with Gasteiger partial charge in [-0.2, -0.15) is 17.9 Å². The lowest BCUT2D eigenvalue weighted by Gasteiger charge is -2.32. The van der Waals surface area contributed by atoms with Crippen molar-refractivity contribution in [3.63, 3.8) is 0 Å². The Morgan fingerprint density at radius 1 is 1.20 bits per heavy atom. The lowest BCUT2D eigenvalue weighted by molar-refractivity contribution is -0.137. The van der Waals surface area contributed by atoms with Gasteiger partial charge in [-0.15, -0.1) is 5.10 Å². The Morgan fingerprint density at radius 2 is 1.90 bits per heavy atom. The van der Waals surface area contributed by atoms with Crippen molar-refractivity contribution in [1.82, 2.24) is 34.8 Å². The molecule has 1 aliphatic heterocycles. The molecule has 8 nitrogen and oxygen atoms in total. The van der Waals surface area contributed by atoms with Gasteiger partial charge in [0.15, 0.2) is 5.82 Å². The summed E-state index contributed by atoms with van der Waals surface area (Å²) in [5.74, 6) is -1.20. The van der Waals surface area contributed by atoms with Crippen LogP contribution in [0.3, 0.4) is 0 Å². The molecule has 0 N–H and O–H groups in total. The van der Waals surface area contributed by atoms with Crippen molar-refractivity contribution < 1.29 is 22.4 Å². The second-order valence-electron chi connectivity index (χ2n) is 6.51. The second kappa shape index (κ2) is 7.27. The summed E-state index contributed by atoms with van der Waals surface area (Å²) in [7, 11) is 0. The van der Waals surface area contributed by atoms with Gasteiger partial charge in [0.2, 0.25) is 0 Å². The monoisotopic (exact) mass is 441 g/mol. The van der Waals surface area contributed by atoms with Crippen molar-refractivity contribution in [1.29, 1.82) is 0 Å². The van der Waals surface area contributed by atoms with Gasteiger partial charge in [0.05, 0.1) is 40.3 Å². The lowest BCUT2D eigenvalue weighted by atomic mass is 10.0. The molecule has 0 saturated heterocycles. The van der Waals surface area contributed by atoms with Gasteiger partial charge in [-0.1, -0.05) is 16.8 Å². The van der Waals surface area contributed by atoms with Crippen molar-refractivity contribution in [3.05, 3.63) is 58.1 Å². The average Bonchev–Trinajstić information content (AvgIpc) is 3.13. The molecule has 1 aliphatic rings. The molecule has 30 heavy (non-hydrogen) atoms. The maximum Gasteiger partial charge on any atom is 0.419 e. The molecule has 0 bridgehead atoms. The van der Waals surface area contributed by atoms with Crippen LogP contribution in [0, 0.1) is 5.82 Å². The standard InChI is InChI=1S/C17H12ClF4N7O/c1-8-14-12(29(27-26-14)16-24-4-9(19)5-25-16)2-3-28(8)15(30)10-6-23-7-11(13(10)18)17(20,21)22/h4-8H,2-3H2,1H3/t8-/m1/s1. The molecule has 0 radical (unpaired) electrons. The largest absolute Gasteiger partial charge is 0.419 e. The zero-order chi connectivity index (χ0) is 21.6. The Labute approximate surface area is 171 Å². The summed E-state index contributed by atoms with van der Waals surface area (Å²) >= 11 is 5.87. The summed E-state index contributed by atoms with van der Waals surface area (Å²) in [4.78, 5) is 25.5. The van der Waals surface area contributed by atoms with Crippen LogP contribution in [0.1, 0.15) is 40.3 Å². The number of rotatable bonds is 2. The topological polar surface area (TPSA) is 89.7 Å². The van der Waals surface area contributed by atoms with Crippen LogP contribution in [0.25, 0.3) is 5.95 Å². The second-order valence-corrected chi connectivity index (χ2v) is 6.88. The Balaban J connectivity index is 1.66. The zero-order valence-electron chi connectivity index (χ0n) is 15.2. The van der Waals surface area contributed by atoms with Crippen LogP contribution in [0.15, 0.2) is 24.8 Å². The number of hydrogen-bond donors (Lipinski definition) is 0. The molecular formula is C17H12ClF4N7O. The first kappa shape index (κ1) is 20.1.